The lowest BCUT2D eigenvalue weighted by atomic mass is 9.77. The Bertz CT molecular complexity index is 1460. The van der Waals surface area contributed by atoms with Crippen molar-refractivity contribution in [2.75, 3.05) is 19.1 Å². The first-order valence-electron chi connectivity index (χ1n) is 11.9. The average molecular weight is 498 g/mol. The van der Waals surface area contributed by atoms with Crippen molar-refractivity contribution in [2.45, 2.75) is 18.6 Å². The summed E-state index contributed by atoms with van der Waals surface area (Å²) in [6.45, 7) is 1.92. The van der Waals surface area contributed by atoms with Gasteiger partial charge < -0.3 is 14.2 Å². The van der Waals surface area contributed by atoms with Crippen molar-refractivity contribution in [2.24, 2.45) is 11.8 Å². The number of hydrogen-bond acceptors (Lipinski definition) is 7. The maximum Gasteiger partial charge on any atom is 0.241 e. The number of carbonyl (C=O) groups excluding carboxylic acids is 4. The normalized spacial score (nSPS) is 23.5. The molecule has 2 fully saturated rings. The number of ether oxygens (including phenoxy) is 3. The highest BCUT2D eigenvalue weighted by Gasteiger charge is 2.74. The van der Waals surface area contributed by atoms with Crippen LogP contribution in [0.5, 0.6) is 11.5 Å². The summed E-state index contributed by atoms with van der Waals surface area (Å²) < 4.78 is 17.0. The van der Waals surface area contributed by atoms with Crippen LogP contribution < -0.4 is 14.4 Å². The minimum absolute atomic E-state index is 0.195. The highest BCUT2D eigenvalue weighted by atomic mass is 16.5. The number of anilines is 1. The number of hydrogen-bond donors (Lipinski definition) is 0. The Hall–Kier alpha value is -4.30. The number of aryl methyl sites for hydroxylation is 1. The molecule has 0 bridgehead atoms. The number of benzene rings is 3. The van der Waals surface area contributed by atoms with Gasteiger partial charge in [-0.15, -0.1) is 0 Å². The van der Waals surface area contributed by atoms with Gasteiger partial charge in [-0.2, -0.15) is 0 Å². The average Bonchev–Trinajstić information content (AvgIpc) is 3.48. The Kier molecular flexibility index (Phi) is 5.07. The molecule has 6 rings (SSSR count). The van der Waals surface area contributed by atoms with Crippen LogP contribution in [0.1, 0.15) is 37.9 Å². The SMILES string of the molecule is COc1ccc(N2C(=O)[C@H]3[C@@H](C2=O)C2(O[C@H]3c3ccc(C)cc3)C(=O)c3ccccc3C2=O)cc1OC. The smallest absolute Gasteiger partial charge is 0.241 e. The number of nitrogens with zero attached hydrogens (tertiary/aromatic N) is 1. The van der Waals surface area contributed by atoms with Crippen LogP contribution in [0.3, 0.4) is 0 Å². The Labute approximate surface area is 212 Å². The van der Waals surface area contributed by atoms with E-state index in [0.717, 1.165) is 10.5 Å². The van der Waals surface area contributed by atoms with Crippen molar-refractivity contribution < 1.29 is 33.4 Å². The number of methoxy groups -OCH3 is 2. The van der Waals surface area contributed by atoms with Gasteiger partial charge in [-0.05, 0) is 24.6 Å². The zero-order valence-corrected chi connectivity index (χ0v) is 20.4. The number of fused-ring (bicyclic) bond motifs is 3. The molecule has 3 aliphatic rings. The number of carbonyl (C=O) groups is 4. The summed E-state index contributed by atoms with van der Waals surface area (Å²) in [6, 6.07) is 18.4. The molecule has 3 aromatic rings. The third kappa shape index (κ3) is 2.99. The lowest BCUT2D eigenvalue weighted by Crippen LogP contribution is -2.51. The molecule has 0 saturated carbocycles. The van der Waals surface area contributed by atoms with Gasteiger partial charge in [0.05, 0.1) is 37.8 Å². The van der Waals surface area contributed by atoms with Gasteiger partial charge in [-0.25, -0.2) is 4.90 Å². The monoisotopic (exact) mass is 497 g/mol. The fraction of sp³-hybridized carbons (Fsp3) is 0.241. The third-order valence-electron chi connectivity index (χ3n) is 7.55. The fourth-order valence-corrected chi connectivity index (χ4v) is 5.79. The lowest BCUT2D eigenvalue weighted by Gasteiger charge is -2.27. The molecule has 3 atom stereocenters. The summed E-state index contributed by atoms with van der Waals surface area (Å²) >= 11 is 0. The van der Waals surface area contributed by atoms with E-state index < -0.39 is 46.9 Å². The summed E-state index contributed by atoms with van der Waals surface area (Å²) in [5, 5.41) is 0. The van der Waals surface area contributed by atoms with Gasteiger partial charge >= 0.3 is 0 Å². The van der Waals surface area contributed by atoms with E-state index in [4.69, 9.17) is 14.2 Å². The molecular weight excluding hydrogens is 474 g/mol. The van der Waals surface area contributed by atoms with E-state index in [1.54, 1.807) is 48.5 Å². The molecule has 0 unspecified atom stereocenters. The standard InChI is InChI=1S/C29H23NO7/c1-15-8-10-16(11-9-15)24-22-23(29(37-24)25(31)18-6-4-5-7-19(18)26(29)32)28(34)30(27(22)33)17-12-13-20(35-2)21(14-17)36-3/h4-14,22-24H,1-3H3/t22-,23-,24-/m0/s1. The second-order valence-corrected chi connectivity index (χ2v) is 9.44. The van der Waals surface area contributed by atoms with Crippen LogP contribution in [0, 0.1) is 18.8 Å². The number of rotatable bonds is 4. The predicted molar refractivity (Wildman–Crippen MR) is 132 cm³/mol. The van der Waals surface area contributed by atoms with Crippen LogP contribution in [-0.4, -0.2) is 43.2 Å². The summed E-state index contributed by atoms with van der Waals surface area (Å²) in [5.74, 6) is -4.00. The van der Waals surface area contributed by atoms with Gasteiger partial charge in [0.2, 0.25) is 29.0 Å². The summed E-state index contributed by atoms with van der Waals surface area (Å²) in [6.07, 6.45) is -0.964. The second kappa shape index (κ2) is 8.11. The largest absolute Gasteiger partial charge is 0.493 e. The van der Waals surface area contributed by atoms with Gasteiger partial charge in [-0.1, -0.05) is 54.1 Å². The quantitative estimate of drug-likeness (QED) is 0.400. The Morgan fingerprint density at radius 3 is 2.00 bits per heavy atom. The highest BCUT2D eigenvalue weighted by Crippen LogP contribution is 2.57. The van der Waals surface area contributed by atoms with E-state index in [9.17, 15) is 19.2 Å². The summed E-state index contributed by atoms with van der Waals surface area (Å²) in [7, 11) is 2.93. The molecule has 2 saturated heterocycles. The predicted octanol–water partition coefficient (Wildman–Crippen LogP) is 3.71. The highest BCUT2D eigenvalue weighted by molar-refractivity contribution is 6.37. The van der Waals surface area contributed by atoms with E-state index in [1.165, 1.54) is 20.3 Å². The molecule has 2 aliphatic heterocycles. The molecule has 3 aromatic carbocycles. The molecule has 37 heavy (non-hydrogen) atoms. The van der Waals surface area contributed by atoms with E-state index >= 15 is 0 Å². The van der Waals surface area contributed by atoms with Crippen molar-refractivity contribution in [3.8, 4) is 11.5 Å². The van der Waals surface area contributed by atoms with Gasteiger partial charge in [0.25, 0.3) is 0 Å². The van der Waals surface area contributed by atoms with Crippen LogP contribution in [0.2, 0.25) is 0 Å². The first kappa shape index (κ1) is 23.1. The van der Waals surface area contributed by atoms with Crippen LogP contribution in [-0.2, 0) is 14.3 Å². The van der Waals surface area contributed by atoms with Crippen molar-refractivity contribution in [3.63, 3.8) is 0 Å². The van der Waals surface area contributed by atoms with Crippen molar-refractivity contribution in [1.82, 2.24) is 0 Å². The first-order valence-corrected chi connectivity index (χ1v) is 11.9. The van der Waals surface area contributed by atoms with Crippen molar-refractivity contribution in [3.05, 3.63) is 89.0 Å². The van der Waals surface area contributed by atoms with Gasteiger partial charge in [0, 0.05) is 17.2 Å². The van der Waals surface area contributed by atoms with Crippen LogP contribution in [0.15, 0.2) is 66.7 Å². The molecule has 0 radical (unpaired) electrons. The topological polar surface area (TPSA) is 99.2 Å². The van der Waals surface area contributed by atoms with Crippen molar-refractivity contribution in [1.29, 1.82) is 0 Å². The molecule has 8 heteroatoms. The maximum absolute atomic E-state index is 14.0. The number of Topliss-reactive ketones (excluding diaryl/α,β-unsaturated/α-hetero) is 2. The lowest BCUT2D eigenvalue weighted by molar-refractivity contribution is -0.127. The number of imide groups is 1. The summed E-state index contributed by atoms with van der Waals surface area (Å²) in [4.78, 5) is 56.7. The minimum atomic E-state index is -2.11. The Balaban J connectivity index is 1.52. The minimum Gasteiger partial charge on any atom is -0.493 e. The second-order valence-electron chi connectivity index (χ2n) is 9.44. The molecule has 1 aliphatic carbocycles. The van der Waals surface area contributed by atoms with Crippen LogP contribution >= 0.6 is 0 Å². The Morgan fingerprint density at radius 2 is 1.41 bits per heavy atom. The van der Waals surface area contributed by atoms with E-state index in [2.05, 4.69) is 0 Å². The number of amides is 2. The van der Waals surface area contributed by atoms with Gasteiger partial charge in [0.1, 0.15) is 0 Å². The molecule has 0 aromatic heterocycles. The third-order valence-corrected chi connectivity index (χ3v) is 7.55. The van der Waals surface area contributed by atoms with Crippen molar-refractivity contribution >= 4 is 29.1 Å². The van der Waals surface area contributed by atoms with Crippen LogP contribution in [0.4, 0.5) is 5.69 Å². The molecule has 1 spiro atoms. The zero-order chi connectivity index (χ0) is 26.1. The summed E-state index contributed by atoms with van der Waals surface area (Å²) in [5.41, 5.74) is 0.150. The zero-order valence-electron chi connectivity index (χ0n) is 20.4. The molecule has 2 heterocycles. The van der Waals surface area contributed by atoms with E-state index in [-0.39, 0.29) is 16.8 Å². The molecule has 0 N–H and O–H groups in total. The molecule has 2 amide bonds. The number of ketones is 2. The Morgan fingerprint density at radius 1 is 0.784 bits per heavy atom. The van der Waals surface area contributed by atoms with Gasteiger partial charge in [-0.3, -0.25) is 19.2 Å². The maximum atomic E-state index is 14.0. The van der Waals surface area contributed by atoms with Crippen LogP contribution in [0.25, 0.3) is 0 Å². The van der Waals surface area contributed by atoms with E-state index in [1.807, 2.05) is 19.1 Å². The fourth-order valence-electron chi connectivity index (χ4n) is 5.79. The molecular formula is C29H23NO7. The molecule has 8 nitrogen and oxygen atoms in total. The molecule has 186 valence electrons. The first-order chi connectivity index (χ1) is 17.8. The van der Waals surface area contributed by atoms with Gasteiger partial charge in [0.15, 0.2) is 11.5 Å². The van der Waals surface area contributed by atoms with E-state index in [0.29, 0.717) is 17.1 Å².